The van der Waals surface area contributed by atoms with Gasteiger partial charge in [0.2, 0.25) is 9.70 Å². The van der Waals surface area contributed by atoms with Crippen LogP contribution in [0.4, 0.5) is 5.69 Å². The van der Waals surface area contributed by atoms with Gasteiger partial charge >= 0.3 is 0 Å². The van der Waals surface area contributed by atoms with Gasteiger partial charge in [-0.2, -0.15) is 0 Å². The van der Waals surface area contributed by atoms with Crippen molar-refractivity contribution in [3.63, 3.8) is 0 Å². The van der Waals surface area contributed by atoms with Crippen molar-refractivity contribution < 1.29 is 9.53 Å². The molecular weight excluding hydrogens is 381 g/mol. The summed E-state index contributed by atoms with van der Waals surface area (Å²) >= 11 is 22.8. The molecule has 128 valence electrons. The van der Waals surface area contributed by atoms with Crippen LogP contribution < -0.4 is 20.7 Å². The van der Waals surface area contributed by atoms with Crippen LogP contribution in [0, 0.1) is 5.92 Å². The third-order valence-corrected chi connectivity index (χ3v) is 3.64. The van der Waals surface area contributed by atoms with Crippen molar-refractivity contribution >= 4 is 63.7 Å². The Labute approximate surface area is 156 Å². The first-order valence-corrected chi connectivity index (χ1v) is 8.26. The van der Waals surface area contributed by atoms with Crippen molar-refractivity contribution in [3.8, 4) is 5.75 Å². The molecule has 1 amide bonds. The summed E-state index contributed by atoms with van der Waals surface area (Å²) in [5, 5.41) is 8.52. The van der Waals surface area contributed by atoms with Crippen molar-refractivity contribution in [2.45, 2.75) is 23.8 Å². The number of halogens is 3. The van der Waals surface area contributed by atoms with E-state index in [-0.39, 0.29) is 16.9 Å². The summed E-state index contributed by atoms with van der Waals surface area (Å²) in [5.74, 6) is 0.202. The quantitative estimate of drug-likeness (QED) is 0.403. The Morgan fingerprint density at radius 3 is 2.17 bits per heavy atom. The molecule has 0 bridgehead atoms. The number of carbonyl (C=O) groups excluding carboxylic acids is 1. The third-order valence-electron chi connectivity index (χ3n) is 2.76. The molecule has 3 N–H and O–H groups in total. The maximum absolute atomic E-state index is 11.8. The average molecular weight is 399 g/mol. The molecule has 0 saturated carbocycles. The number of hydrogen-bond acceptors (Lipinski definition) is 3. The predicted octanol–water partition coefficient (Wildman–Crippen LogP) is 3.45. The second-order valence-electron chi connectivity index (χ2n) is 4.96. The maximum atomic E-state index is 11.8. The molecule has 0 aromatic heterocycles. The minimum Gasteiger partial charge on any atom is -0.497 e. The van der Waals surface area contributed by atoms with Crippen LogP contribution in [-0.4, -0.2) is 28.1 Å². The predicted molar refractivity (Wildman–Crippen MR) is 99.4 cm³/mol. The number of amides is 1. The van der Waals surface area contributed by atoms with E-state index in [4.69, 9.17) is 51.8 Å². The van der Waals surface area contributed by atoms with Crippen LogP contribution in [0.2, 0.25) is 0 Å². The van der Waals surface area contributed by atoms with Crippen LogP contribution in [0.15, 0.2) is 24.3 Å². The van der Waals surface area contributed by atoms with Crippen molar-refractivity contribution in [1.29, 1.82) is 0 Å². The Morgan fingerprint density at radius 2 is 1.74 bits per heavy atom. The summed E-state index contributed by atoms with van der Waals surface area (Å²) in [6, 6.07) is 7.11. The van der Waals surface area contributed by atoms with Gasteiger partial charge in [-0.15, -0.1) is 0 Å². The Balaban J connectivity index is 2.70. The number of nitrogens with one attached hydrogen (secondary N) is 3. The van der Waals surface area contributed by atoms with Crippen LogP contribution in [0.25, 0.3) is 0 Å². The van der Waals surface area contributed by atoms with Crippen LogP contribution in [0.5, 0.6) is 5.75 Å². The fourth-order valence-corrected chi connectivity index (χ4v) is 2.04. The molecular formula is C14H18Cl3N3O2S. The van der Waals surface area contributed by atoms with Gasteiger partial charge in [-0.25, -0.2) is 0 Å². The Kier molecular flexibility index (Phi) is 7.67. The SMILES string of the molecule is COc1ccc(NC(=S)N[C@H](NC(=O)C(C)C)C(Cl)(Cl)Cl)cc1. The topological polar surface area (TPSA) is 62.4 Å². The number of rotatable bonds is 5. The van der Waals surface area contributed by atoms with E-state index in [2.05, 4.69) is 16.0 Å². The second kappa shape index (κ2) is 8.78. The normalized spacial score (nSPS) is 12.5. The van der Waals surface area contributed by atoms with Crippen molar-refractivity contribution in [1.82, 2.24) is 10.6 Å². The van der Waals surface area contributed by atoms with Crippen molar-refractivity contribution in [2.24, 2.45) is 5.92 Å². The molecule has 1 rings (SSSR count). The Morgan fingerprint density at radius 1 is 1.17 bits per heavy atom. The fourth-order valence-electron chi connectivity index (χ4n) is 1.48. The molecule has 0 aliphatic heterocycles. The lowest BCUT2D eigenvalue weighted by Gasteiger charge is -2.28. The molecule has 0 spiro atoms. The number of anilines is 1. The van der Waals surface area contributed by atoms with Crippen LogP contribution in [-0.2, 0) is 4.79 Å². The third kappa shape index (κ3) is 6.99. The standard InChI is InChI=1S/C14H18Cl3N3O2S/c1-8(2)11(21)19-12(14(15,16)17)20-13(23)18-9-4-6-10(22-3)7-5-9/h4-8,12H,1-3H3,(H,19,21)(H2,18,20,23)/t12-/m0/s1. The average Bonchev–Trinajstić information content (AvgIpc) is 2.46. The number of carbonyl (C=O) groups is 1. The van der Waals surface area contributed by atoms with Gasteiger partial charge < -0.3 is 20.7 Å². The lowest BCUT2D eigenvalue weighted by Crippen LogP contribution is -2.56. The first-order chi connectivity index (χ1) is 10.6. The highest BCUT2D eigenvalue weighted by Crippen LogP contribution is 2.29. The number of benzene rings is 1. The number of hydrogen-bond donors (Lipinski definition) is 3. The van der Waals surface area contributed by atoms with E-state index in [9.17, 15) is 4.79 Å². The summed E-state index contributed by atoms with van der Waals surface area (Å²) < 4.78 is 3.31. The van der Waals surface area contributed by atoms with Gasteiger partial charge in [0, 0.05) is 11.6 Å². The fraction of sp³-hybridized carbons (Fsp3) is 0.429. The van der Waals surface area contributed by atoms with Gasteiger partial charge in [-0.1, -0.05) is 48.7 Å². The molecule has 0 saturated heterocycles. The first kappa shape index (κ1) is 20.1. The van der Waals surface area contributed by atoms with E-state index in [1.807, 2.05) is 0 Å². The molecule has 1 aromatic carbocycles. The molecule has 0 unspecified atom stereocenters. The molecule has 23 heavy (non-hydrogen) atoms. The summed E-state index contributed by atoms with van der Waals surface area (Å²) in [7, 11) is 1.58. The minimum absolute atomic E-state index is 0.204. The van der Waals surface area contributed by atoms with E-state index in [0.717, 1.165) is 11.4 Å². The molecule has 0 heterocycles. The number of alkyl halides is 3. The van der Waals surface area contributed by atoms with E-state index < -0.39 is 9.96 Å². The highest BCUT2D eigenvalue weighted by atomic mass is 35.6. The van der Waals surface area contributed by atoms with Gasteiger partial charge in [0.1, 0.15) is 11.9 Å². The van der Waals surface area contributed by atoms with E-state index in [1.54, 1.807) is 45.2 Å². The number of methoxy groups -OCH3 is 1. The minimum atomic E-state index is -1.77. The lowest BCUT2D eigenvalue weighted by atomic mass is 10.2. The largest absolute Gasteiger partial charge is 0.497 e. The van der Waals surface area contributed by atoms with E-state index in [0.29, 0.717) is 0 Å². The molecule has 5 nitrogen and oxygen atoms in total. The summed E-state index contributed by atoms with van der Waals surface area (Å²) in [6.45, 7) is 3.47. The van der Waals surface area contributed by atoms with Crippen molar-refractivity contribution in [3.05, 3.63) is 24.3 Å². The highest BCUT2D eigenvalue weighted by molar-refractivity contribution is 7.80. The van der Waals surface area contributed by atoms with Crippen LogP contribution in [0.1, 0.15) is 13.8 Å². The number of ether oxygens (including phenoxy) is 1. The van der Waals surface area contributed by atoms with Crippen molar-refractivity contribution in [2.75, 3.05) is 12.4 Å². The first-order valence-electron chi connectivity index (χ1n) is 6.72. The van der Waals surface area contributed by atoms with E-state index >= 15 is 0 Å². The van der Waals surface area contributed by atoms with E-state index in [1.165, 1.54) is 0 Å². The second-order valence-corrected chi connectivity index (χ2v) is 7.74. The monoisotopic (exact) mass is 397 g/mol. The van der Waals surface area contributed by atoms with Crippen LogP contribution in [0.3, 0.4) is 0 Å². The summed E-state index contributed by atoms with van der Waals surface area (Å²) in [4.78, 5) is 11.8. The molecule has 9 heteroatoms. The lowest BCUT2D eigenvalue weighted by molar-refractivity contribution is -0.124. The molecule has 0 aliphatic rings. The summed E-state index contributed by atoms with van der Waals surface area (Å²) in [6.07, 6.45) is -0.972. The maximum Gasteiger partial charge on any atom is 0.228 e. The molecule has 1 atom stereocenters. The van der Waals surface area contributed by atoms with Gasteiger partial charge in [-0.3, -0.25) is 4.79 Å². The molecule has 0 radical (unpaired) electrons. The Hall–Kier alpha value is -0.950. The Bertz CT molecular complexity index is 547. The zero-order chi connectivity index (χ0) is 17.6. The van der Waals surface area contributed by atoms with Gasteiger partial charge in [-0.05, 0) is 36.5 Å². The molecule has 1 aromatic rings. The molecule has 0 fully saturated rings. The molecule has 0 aliphatic carbocycles. The zero-order valence-corrected chi connectivity index (χ0v) is 15.9. The van der Waals surface area contributed by atoms with Gasteiger partial charge in [0.15, 0.2) is 5.11 Å². The van der Waals surface area contributed by atoms with Gasteiger partial charge in [0.05, 0.1) is 7.11 Å². The zero-order valence-electron chi connectivity index (χ0n) is 12.8. The highest BCUT2D eigenvalue weighted by Gasteiger charge is 2.35. The van der Waals surface area contributed by atoms with Crippen LogP contribution >= 0.6 is 47.0 Å². The summed E-state index contributed by atoms with van der Waals surface area (Å²) in [5.41, 5.74) is 0.724. The van der Waals surface area contributed by atoms with Gasteiger partial charge in [0.25, 0.3) is 0 Å². The smallest absolute Gasteiger partial charge is 0.228 e. The number of thiocarbonyl (C=S) groups is 1.